The van der Waals surface area contributed by atoms with Gasteiger partial charge in [0.15, 0.2) is 0 Å². The molecular weight excluding hydrogens is 140 g/mol. The zero-order valence-electron chi connectivity index (χ0n) is 7.63. The van der Waals surface area contributed by atoms with Crippen LogP contribution in [0.4, 0.5) is 0 Å². The summed E-state index contributed by atoms with van der Waals surface area (Å²) in [5.74, 6) is 0. The lowest BCUT2D eigenvalue weighted by molar-refractivity contribution is 0.0281. The highest BCUT2D eigenvalue weighted by molar-refractivity contribution is 4.78. The van der Waals surface area contributed by atoms with Crippen LogP contribution in [0.1, 0.15) is 19.8 Å². The van der Waals surface area contributed by atoms with E-state index in [9.17, 15) is 0 Å². The molecule has 0 aromatic heterocycles. The van der Waals surface area contributed by atoms with E-state index >= 15 is 0 Å². The van der Waals surface area contributed by atoms with E-state index in [0.29, 0.717) is 12.1 Å². The monoisotopic (exact) mass is 158 g/mol. The van der Waals surface area contributed by atoms with Gasteiger partial charge in [-0.3, -0.25) is 0 Å². The molecule has 3 heteroatoms. The van der Waals surface area contributed by atoms with Crippen LogP contribution in [0.15, 0.2) is 0 Å². The molecule has 0 bridgehead atoms. The number of nitrogens with one attached hydrogen (secondary N) is 1. The van der Waals surface area contributed by atoms with Gasteiger partial charge in [0.1, 0.15) is 0 Å². The van der Waals surface area contributed by atoms with Crippen LogP contribution < -0.4 is 5.48 Å². The number of hydrogen-bond donors (Lipinski definition) is 1. The molecule has 0 spiro atoms. The molecule has 2 atom stereocenters. The normalized spacial score (nSPS) is 34.1. The summed E-state index contributed by atoms with van der Waals surface area (Å²) in [5.41, 5.74) is 3.01. The van der Waals surface area contributed by atoms with Gasteiger partial charge >= 0.3 is 0 Å². The Kier molecular flexibility index (Phi) is 3.30. The molecule has 0 amide bonds. The molecule has 0 saturated carbocycles. The maximum Gasteiger partial charge on any atom is 0.0572 e. The number of hydrogen-bond acceptors (Lipinski definition) is 3. The molecule has 0 aliphatic carbocycles. The second kappa shape index (κ2) is 4.04. The summed E-state index contributed by atoms with van der Waals surface area (Å²) in [6.07, 6.45) is 2.37. The van der Waals surface area contributed by atoms with Crippen molar-refractivity contribution in [2.24, 2.45) is 0 Å². The minimum absolute atomic E-state index is 0.547. The highest BCUT2D eigenvalue weighted by atomic mass is 16.6. The van der Waals surface area contributed by atoms with E-state index in [1.54, 1.807) is 7.11 Å². The van der Waals surface area contributed by atoms with Crippen molar-refractivity contribution in [2.45, 2.75) is 31.8 Å². The van der Waals surface area contributed by atoms with Crippen molar-refractivity contribution in [2.75, 3.05) is 20.7 Å². The fraction of sp³-hybridized carbons (Fsp3) is 1.00. The summed E-state index contributed by atoms with van der Waals surface area (Å²) >= 11 is 0. The van der Waals surface area contributed by atoms with Gasteiger partial charge in [-0.05, 0) is 33.4 Å². The zero-order valence-corrected chi connectivity index (χ0v) is 7.63. The van der Waals surface area contributed by atoms with Gasteiger partial charge in [-0.25, -0.2) is 0 Å². The van der Waals surface area contributed by atoms with Crippen LogP contribution in [0.3, 0.4) is 0 Å². The van der Waals surface area contributed by atoms with Crippen molar-refractivity contribution in [3.05, 3.63) is 0 Å². The number of rotatable bonds is 2. The average molecular weight is 158 g/mol. The highest BCUT2D eigenvalue weighted by Crippen LogP contribution is 2.14. The summed E-state index contributed by atoms with van der Waals surface area (Å²) in [4.78, 5) is 7.28. The summed E-state index contributed by atoms with van der Waals surface area (Å²) in [6.45, 7) is 3.42. The van der Waals surface area contributed by atoms with E-state index in [1.807, 2.05) is 0 Å². The standard InChI is InChI=1S/C8H18N2O/c1-7-6-8(9-11-3)4-5-10(7)2/h7-9H,4-6H2,1-3H3. The molecule has 66 valence electrons. The molecule has 1 rings (SSSR count). The molecule has 11 heavy (non-hydrogen) atoms. The molecule has 2 unspecified atom stereocenters. The van der Waals surface area contributed by atoms with Crippen molar-refractivity contribution in [3.63, 3.8) is 0 Å². The van der Waals surface area contributed by atoms with Crippen molar-refractivity contribution in [1.82, 2.24) is 10.4 Å². The van der Waals surface area contributed by atoms with Crippen LogP contribution in [0.25, 0.3) is 0 Å². The third-order valence-corrected chi connectivity index (χ3v) is 2.49. The summed E-state index contributed by atoms with van der Waals surface area (Å²) < 4.78 is 0. The molecule has 1 heterocycles. The molecule has 1 aliphatic rings. The Balaban J connectivity index is 2.28. The first kappa shape index (κ1) is 8.97. The van der Waals surface area contributed by atoms with Crippen LogP contribution in [-0.2, 0) is 4.84 Å². The van der Waals surface area contributed by atoms with Crippen LogP contribution in [0, 0.1) is 0 Å². The van der Waals surface area contributed by atoms with Gasteiger partial charge in [0.05, 0.1) is 7.11 Å². The van der Waals surface area contributed by atoms with Crippen molar-refractivity contribution in [1.29, 1.82) is 0 Å². The van der Waals surface area contributed by atoms with E-state index in [4.69, 9.17) is 4.84 Å². The zero-order chi connectivity index (χ0) is 8.27. The topological polar surface area (TPSA) is 24.5 Å². The Morgan fingerprint density at radius 3 is 2.82 bits per heavy atom. The third-order valence-electron chi connectivity index (χ3n) is 2.49. The second-order valence-electron chi connectivity index (χ2n) is 3.37. The van der Waals surface area contributed by atoms with Crippen LogP contribution in [-0.4, -0.2) is 37.7 Å². The van der Waals surface area contributed by atoms with E-state index in [1.165, 1.54) is 19.4 Å². The van der Waals surface area contributed by atoms with E-state index in [2.05, 4.69) is 24.4 Å². The molecule has 0 radical (unpaired) electrons. The Morgan fingerprint density at radius 1 is 1.55 bits per heavy atom. The molecule has 0 aromatic carbocycles. The smallest absolute Gasteiger partial charge is 0.0572 e. The predicted molar refractivity (Wildman–Crippen MR) is 45.3 cm³/mol. The largest absolute Gasteiger partial charge is 0.305 e. The molecular formula is C8H18N2O. The van der Waals surface area contributed by atoms with Gasteiger partial charge in [0.25, 0.3) is 0 Å². The molecule has 0 aromatic rings. The highest BCUT2D eigenvalue weighted by Gasteiger charge is 2.21. The molecule has 1 N–H and O–H groups in total. The van der Waals surface area contributed by atoms with Gasteiger partial charge in [0.2, 0.25) is 0 Å². The number of nitrogens with zero attached hydrogens (tertiary/aromatic N) is 1. The van der Waals surface area contributed by atoms with E-state index in [-0.39, 0.29) is 0 Å². The van der Waals surface area contributed by atoms with Crippen LogP contribution in [0.2, 0.25) is 0 Å². The van der Waals surface area contributed by atoms with E-state index in [0.717, 1.165) is 0 Å². The lowest BCUT2D eigenvalue weighted by Crippen LogP contribution is -2.45. The number of hydroxylamine groups is 1. The molecule has 1 saturated heterocycles. The van der Waals surface area contributed by atoms with Crippen molar-refractivity contribution in [3.8, 4) is 0 Å². The minimum atomic E-state index is 0.547. The van der Waals surface area contributed by atoms with Crippen LogP contribution in [0.5, 0.6) is 0 Å². The van der Waals surface area contributed by atoms with Gasteiger partial charge in [0, 0.05) is 12.1 Å². The number of likely N-dealkylation sites (tertiary alicyclic amines) is 1. The SMILES string of the molecule is CONC1CCN(C)C(C)C1. The Hall–Kier alpha value is -0.120. The summed E-state index contributed by atoms with van der Waals surface area (Å²) in [6, 6.07) is 1.22. The lowest BCUT2D eigenvalue weighted by atomic mass is 10.00. The maximum absolute atomic E-state index is 4.90. The third kappa shape index (κ3) is 2.43. The average Bonchev–Trinajstić information content (AvgIpc) is 1.98. The van der Waals surface area contributed by atoms with Crippen LogP contribution >= 0.6 is 0 Å². The minimum Gasteiger partial charge on any atom is -0.305 e. The van der Waals surface area contributed by atoms with Gasteiger partial charge in [-0.15, -0.1) is 0 Å². The Labute approximate surface area is 68.7 Å². The van der Waals surface area contributed by atoms with E-state index < -0.39 is 0 Å². The fourth-order valence-corrected chi connectivity index (χ4v) is 1.56. The Bertz CT molecular complexity index is 119. The van der Waals surface area contributed by atoms with Gasteiger partial charge in [-0.2, -0.15) is 5.48 Å². The predicted octanol–water partition coefficient (Wildman–Crippen LogP) is 0.620. The van der Waals surface area contributed by atoms with Crippen molar-refractivity contribution < 1.29 is 4.84 Å². The quantitative estimate of drug-likeness (QED) is 0.596. The first-order valence-electron chi connectivity index (χ1n) is 4.22. The first-order chi connectivity index (χ1) is 5.24. The Morgan fingerprint density at radius 2 is 2.27 bits per heavy atom. The van der Waals surface area contributed by atoms with Gasteiger partial charge in [-0.1, -0.05) is 0 Å². The second-order valence-corrected chi connectivity index (χ2v) is 3.37. The molecule has 1 fully saturated rings. The van der Waals surface area contributed by atoms with Crippen molar-refractivity contribution >= 4 is 0 Å². The summed E-state index contributed by atoms with van der Waals surface area (Å²) in [7, 11) is 3.86. The lowest BCUT2D eigenvalue weighted by Gasteiger charge is -2.34. The summed E-state index contributed by atoms with van der Waals surface area (Å²) in [5, 5.41) is 0. The molecule has 3 nitrogen and oxygen atoms in total. The number of piperidine rings is 1. The molecule has 1 aliphatic heterocycles. The maximum atomic E-state index is 4.90. The fourth-order valence-electron chi connectivity index (χ4n) is 1.56. The first-order valence-corrected chi connectivity index (χ1v) is 4.22. The van der Waals surface area contributed by atoms with Gasteiger partial charge < -0.3 is 9.74 Å².